The van der Waals surface area contributed by atoms with Gasteiger partial charge >= 0.3 is 0 Å². The summed E-state index contributed by atoms with van der Waals surface area (Å²) < 4.78 is 32.8. The highest BCUT2D eigenvalue weighted by Gasteiger charge is 2.24. The van der Waals surface area contributed by atoms with Crippen LogP contribution in [-0.4, -0.2) is 35.4 Å². The zero-order valence-electron chi connectivity index (χ0n) is 15.4. The molecule has 0 saturated carbocycles. The molecule has 0 fully saturated rings. The van der Waals surface area contributed by atoms with E-state index in [1.165, 1.54) is 17.1 Å². The van der Waals surface area contributed by atoms with Crippen molar-refractivity contribution in [1.29, 1.82) is 0 Å². The predicted octanol–water partition coefficient (Wildman–Crippen LogP) is 4.50. The molecule has 2 heterocycles. The zero-order valence-corrected chi connectivity index (χ0v) is 17.0. The molecule has 6 nitrogen and oxygen atoms in total. The van der Waals surface area contributed by atoms with Crippen LogP contribution in [0.5, 0.6) is 0 Å². The second kappa shape index (κ2) is 8.02. The summed E-state index contributed by atoms with van der Waals surface area (Å²) in [6.45, 7) is 0. The Morgan fingerprint density at radius 1 is 1.23 bits per heavy atom. The highest BCUT2D eigenvalue weighted by molar-refractivity contribution is 7.17. The van der Waals surface area contributed by atoms with Crippen LogP contribution in [0.2, 0.25) is 5.02 Å². The fourth-order valence-corrected chi connectivity index (χ4v) is 3.97. The maximum atomic E-state index is 13.8. The predicted molar refractivity (Wildman–Crippen MR) is 110 cm³/mol. The van der Waals surface area contributed by atoms with Gasteiger partial charge in [0, 0.05) is 28.1 Å². The average Bonchev–Trinajstić information content (AvgIpc) is 3.32. The van der Waals surface area contributed by atoms with Crippen molar-refractivity contribution in [2.45, 2.75) is 6.41 Å². The third kappa shape index (κ3) is 3.87. The van der Waals surface area contributed by atoms with E-state index in [2.05, 4.69) is 10.4 Å². The van der Waals surface area contributed by atoms with Crippen molar-refractivity contribution in [3.63, 3.8) is 0 Å². The Labute approximate surface area is 179 Å². The number of nitrogens with one attached hydrogen (secondary N) is 1. The zero-order chi connectivity index (χ0) is 21.4. The van der Waals surface area contributed by atoms with Gasteiger partial charge in [0.05, 0.1) is 4.88 Å². The largest absolute Gasteiger partial charge is 0.426 e. The Hall–Kier alpha value is -3.01. The number of halogens is 3. The molecule has 154 valence electrons. The molecule has 4 rings (SSSR count). The van der Waals surface area contributed by atoms with Gasteiger partial charge in [0.15, 0.2) is 0 Å². The Morgan fingerprint density at radius 2 is 1.97 bits per heavy atom. The fourth-order valence-electron chi connectivity index (χ4n) is 2.76. The second-order valence-corrected chi connectivity index (χ2v) is 7.82. The van der Waals surface area contributed by atoms with Gasteiger partial charge in [0.2, 0.25) is 5.90 Å². The molecular formula is C20H14ClF2N3O3S. The lowest BCUT2D eigenvalue weighted by molar-refractivity contribution is -0.108. The van der Waals surface area contributed by atoms with E-state index in [0.29, 0.717) is 21.0 Å². The number of ether oxygens (including phenoxy) is 1. The van der Waals surface area contributed by atoms with Crippen LogP contribution < -0.4 is 5.32 Å². The Morgan fingerprint density at radius 3 is 2.63 bits per heavy atom. The summed E-state index contributed by atoms with van der Waals surface area (Å²) in [4.78, 5) is 13.4. The highest BCUT2D eigenvalue weighted by atomic mass is 35.5. The van der Waals surface area contributed by atoms with Crippen LogP contribution in [-0.2, 0) is 4.74 Å². The number of carbonyl (C=O) groups is 1. The minimum Gasteiger partial charge on any atom is -0.426 e. The van der Waals surface area contributed by atoms with E-state index in [4.69, 9.17) is 16.3 Å². The van der Waals surface area contributed by atoms with Crippen molar-refractivity contribution in [3.05, 3.63) is 75.6 Å². The third-order valence-electron chi connectivity index (χ3n) is 4.30. The lowest BCUT2D eigenvalue weighted by Gasteiger charge is -2.10. The summed E-state index contributed by atoms with van der Waals surface area (Å²) in [6, 6.07) is 11.6. The van der Waals surface area contributed by atoms with Crippen molar-refractivity contribution < 1.29 is 23.4 Å². The Balaban J connectivity index is 1.60. The maximum Gasteiger partial charge on any atom is 0.297 e. The minimum absolute atomic E-state index is 0.229. The monoisotopic (exact) mass is 449 g/mol. The summed E-state index contributed by atoms with van der Waals surface area (Å²) in [7, 11) is 1.57. The fraction of sp³-hybridized carbons (Fsp3) is 0.100. The molecule has 0 bridgehead atoms. The lowest BCUT2D eigenvalue weighted by Crippen LogP contribution is -2.23. The molecule has 1 aliphatic rings. The molecule has 0 saturated heterocycles. The molecule has 10 heteroatoms. The highest BCUT2D eigenvalue weighted by Crippen LogP contribution is 2.35. The number of hydrazone groups is 1. The molecule has 2 N–H and O–H groups in total. The summed E-state index contributed by atoms with van der Waals surface area (Å²) in [5, 5.41) is 17.7. The number of para-hydroxylation sites is 1. The van der Waals surface area contributed by atoms with E-state index in [1.807, 2.05) is 0 Å². The normalized spacial score (nSPS) is 15.7. The number of aliphatic hydroxyl groups excluding tert-OH is 1. The van der Waals surface area contributed by atoms with Crippen LogP contribution in [0, 0.1) is 11.6 Å². The van der Waals surface area contributed by atoms with Crippen molar-refractivity contribution in [3.8, 4) is 10.4 Å². The van der Waals surface area contributed by atoms with E-state index >= 15 is 0 Å². The van der Waals surface area contributed by atoms with Gasteiger partial charge in [-0.3, -0.25) is 4.79 Å². The van der Waals surface area contributed by atoms with Gasteiger partial charge in [-0.15, -0.1) is 16.4 Å². The summed E-state index contributed by atoms with van der Waals surface area (Å²) >= 11 is 7.43. The van der Waals surface area contributed by atoms with Gasteiger partial charge in [0.1, 0.15) is 17.3 Å². The van der Waals surface area contributed by atoms with Crippen LogP contribution in [0.25, 0.3) is 10.4 Å². The molecule has 0 spiro atoms. The number of thiophene rings is 1. The van der Waals surface area contributed by atoms with Gasteiger partial charge < -0.3 is 15.2 Å². The topological polar surface area (TPSA) is 74.2 Å². The standard InChI is InChI=1S/C20H14ClF2N3O3S/c1-26-20(28)29-19(25-26)10-5-6-12(21)11(9-10)15-7-8-16(30-15)18(27)24-17-13(22)3-2-4-14(17)23/h2-9,20,28H,1H3,(H,24,27). The van der Waals surface area contributed by atoms with Gasteiger partial charge in [-0.05, 0) is 42.5 Å². The summed E-state index contributed by atoms with van der Waals surface area (Å²) in [5.74, 6) is -2.14. The molecule has 1 unspecified atom stereocenters. The molecule has 1 aliphatic heterocycles. The number of nitrogens with zero attached hydrogens (tertiary/aromatic N) is 2. The van der Waals surface area contributed by atoms with Gasteiger partial charge in [-0.25, -0.2) is 13.8 Å². The van der Waals surface area contributed by atoms with Crippen molar-refractivity contribution in [2.75, 3.05) is 12.4 Å². The number of benzene rings is 2. The molecule has 0 radical (unpaired) electrons. The van der Waals surface area contributed by atoms with E-state index in [0.717, 1.165) is 23.5 Å². The smallest absolute Gasteiger partial charge is 0.297 e. The first-order chi connectivity index (χ1) is 14.3. The van der Waals surface area contributed by atoms with E-state index < -0.39 is 29.6 Å². The number of carbonyl (C=O) groups excluding carboxylic acids is 1. The maximum absolute atomic E-state index is 13.8. The van der Waals surface area contributed by atoms with Crippen molar-refractivity contribution in [2.24, 2.45) is 5.10 Å². The number of amides is 1. The molecule has 1 atom stereocenters. The van der Waals surface area contributed by atoms with Crippen LogP contribution in [0.1, 0.15) is 15.2 Å². The molecule has 30 heavy (non-hydrogen) atoms. The first-order valence-electron chi connectivity index (χ1n) is 8.65. The minimum atomic E-state index is -1.17. The molecule has 1 aromatic heterocycles. The summed E-state index contributed by atoms with van der Waals surface area (Å²) in [6.07, 6.45) is -1.17. The molecule has 1 amide bonds. The van der Waals surface area contributed by atoms with Crippen LogP contribution >= 0.6 is 22.9 Å². The third-order valence-corrected chi connectivity index (χ3v) is 5.74. The number of hydrogen-bond donors (Lipinski definition) is 2. The first kappa shape index (κ1) is 20.3. The first-order valence-corrected chi connectivity index (χ1v) is 9.84. The molecular weight excluding hydrogens is 436 g/mol. The van der Waals surface area contributed by atoms with Gasteiger partial charge in [0.25, 0.3) is 12.3 Å². The van der Waals surface area contributed by atoms with Gasteiger partial charge in [-0.1, -0.05) is 17.7 Å². The average molecular weight is 450 g/mol. The molecule has 0 aliphatic carbocycles. The lowest BCUT2D eigenvalue weighted by atomic mass is 10.1. The SMILES string of the molecule is CN1N=C(c2ccc(Cl)c(-c3ccc(C(=O)Nc4c(F)cccc4F)s3)c2)OC1O. The Kier molecular flexibility index (Phi) is 5.42. The van der Waals surface area contributed by atoms with E-state index in [-0.39, 0.29) is 10.8 Å². The number of aliphatic hydroxyl groups is 1. The summed E-state index contributed by atoms with van der Waals surface area (Å²) in [5.41, 5.74) is 0.702. The molecule has 3 aromatic rings. The van der Waals surface area contributed by atoms with Crippen LogP contribution in [0.4, 0.5) is 14.5 Å². The number of hydrogen-bond acceptors (Lipinski definition) is 6. The van der Waals surface area contributed by atoms with Crippen molar-refractivity contribution >= 4 is 40.4 Å². The Bertz CT molecular complexity index is 1150. The van der Waals surface area contributed by atoms with Crippen molar-refractivity contribution in [1.82, 2.24) is 5.01 Å². The van der Waals surface area contributed by atoms with Gasteiger partial charge in [-0.2, -0.15) is 0 Å². The number of rotatable bonds is 4. The van der Waals surface area contributed by atoms with E-state index in [1.54, 1.807) is 31.3 Å². The van der Waals surface area contributed by atoms with Crippen LogP contribution in [0.15, 0.2) is 53.6 Å². The van der Waals surface area contributed by atoms with E-state index in [9.17, 15) is 18.7 Å². The number of anilines is 1. The molecule has 2 aromatic carbocycles. The second-order valence-electron chi connectivity index (χ2n) is 6.33. The quantitative estimate of drug-likeness (QED) is 0.615. The van der Waals surface area contributed by atoms with Crippen LogP contribution in [0.3, 0.4) is 0 Å².